The van der Waals surface area contributed by atoms with Gasteiger partial charge in [-0.3, -0.25) is 10.1 Å². The molecule has 0 radical (unpaired) electrons. The van der Waals surface area contributed by atoms with E-state index in [1.54, 1.807) is 25.1 Å². The number of nitrogens with zero attached hydrogens (tertiary/aromatic N) is 2. The van der Waals surface area contributed by atoms with Crippen LogP contribution in [0.3, 0.4) is 0 Å². The summed E-state index contributed by atoms with van der Waals surface area (Å²) in [4.78, 5) is 10.5. The van der Waals surface area contributed by atoms with Gasteiger partial charge in [-0.1, -0.05) is 28.1 Å². The molecule has 0 heterocycles. The zero-order chi connectivity index (χ0) is 15.4. The fourth-order valence-electron chi connectivity index (χ4n) is 2.01. The topological polar surface area (TPSA) is 79.0 Å². The molecule has 2 aromatic carbocycles. The van der Waals surface area contributed by atoms with Crippen LogP contribution in [0, 0.1) is 28.4 Å². The Morgan fingerprint density at radius 1 is 1.38 bits per heavy atom. The molecule has 0 amide bonds. The molecular formula is C15H12BrN3O2. The zero-order valence-electron chi connectivity index (χ0n) is 11.3. The number of hydrogen-bond acceptors (Lipinski definition) is 4. The van der Waals surface area contributed by atoms with Crippen molar-refractivity contribution < 1.29 is 4.92 Å². The van der Waals surface area contributed by atoms with Gasteiger partial charge in [-0.05, 0) is 30.7 Å². The summed E-state index contributed by atoms with van der Waals surface area (Å²) in [6, 6.07) is 12.4. The highest BCUT2D eigenvalue weighted by Gasteiger charge is 2.12. The zero-order valence-corrected chi connectivity index (χ0v) is 12.8. The maximum Gasteiger partial charge on any atom is 0.272 e. The minimum absolute atomic E-state index is 0.112. The summed E-state index contributed by atoms with van der Waals surface area (Å²) in [6.07, 6.45) is 0. The van der Waals surface area contributed by atoms with Crippen LogP contribution >= 0.6 is 15.9 Å². The molecule has 0 aliphatic heterocycles. The number of nitrogens with one attached hydrogen (secondary N) is 1. The summed E-state index contributed by atoms with van der Waals surface area (Å²) in [5.41, 5.74) is 2.93. The molecule has 0 fully saturated rings. The number of hydrogen-bond donors (Lipinski definition) is 1. The summed E-state index contributed by atoms with van der Waals surface area (Å²) in [6.45, 7) is 2.19. The number of benzene rings is 2. The smallest absolute Gasteiger partial charge is 0.272 e. The lowest BCUT2D eigenvalue weighted by Crippen LogP contribution is -2.03. The molecule has 0 saturated heterocycles. The first kappa shape index (κ1) is 15.0. The summed E-state index contributed by atoms with van der Waals surface area (Å²) >= 11 is 3.34. The largest absolute Gasteiger partial charge is 0.381 e. The predicted molar refractivity (Wildman–Crippen MR) is 84.0 cm³/mol. The fourth-order valence-corrected chi connectivity index (χ4v) is 2.51. The number of rotatable bonds is 4. The van der Waals surface area contributed by atoms with E-state index in [0.29, 0.717) is 17.7 Å². The standard InChI is InChI=1S/C15H12BrN3O2/c1-10-12(3-2-4-15(10)19(20)21)9-18-14-6-11(8-17)5-13(16)7-14/h2-7,18H,9H2,1H3. The molecule has 0 aromatic heterocycles. The van der Waals surface area contributed by atoms with Crippen molar-refractivity contribution in [3.63, 3.8) is 0 Å². The molecule has 0 unspecified atom stereocenters. The highest BCUT2D eigenvalue weighted by Crippen LogP contribution is 2.23. The van der Waals surface area contributed by atoms with Crippen LogP contribution in [0.25, 0.3) is 0 Å². The van der Waals surface area contributed by atoms with E-state index in [1.165, 1.54) is 6.07 Å². The minimum Gasteiger partial charge on any atom is -0.381 e. The van der Waals surface area contributed by atoms with Crippen LogP contribution in [0.5, 0.6) is 0 Å². The Morgan fingerprint density at radius 3 is 2.81 bits per heavy atom. The second-order valence-corrected chi connectivity index (χ2v) is 5.43. The molecule has 2 rings (SSSR count). The van der Waals surface area contributed by atoms with Crippen molar-refractivity contribution in [3.05, 3.63) is 67.7 Å². The van der Waals surface area contributed by atoms with Crippen molar-refractivity contribution >= 4 is 27.3 Å². The van der Waals surface area contributed by atoms with Crippen LogP contribution < -0.4 is 5.32 Å². The molecule has 0 aliphatic carbocycles. The number of halogens is 1. The summed E-state index contributed by atoms with van der Waals surface area (Å²) in [5, 5.41) is 23.0. The molecule has 6 heteroatoms. The lowest BCUT2D eigenvalue weighted by molar-refractivity contribution is -0.385. The molecule has 0 bridgehead atoms. The summed E-state index contributed by atoms with van der Waals surface area (Å²) in [7, 11) is 0. The van der Waals surface area contributed by atoms with Gasteiger partial charge in [0, 0.05) is 28.3 Å². The van der Waals surface area contributed by atoms with Crippen molar-refractivity contribution in [3.8, 4) is 6.07 Å². The monoisotopic (exact) mass is 345 g/mol. The summed E-state index contributed by atoms with van der Waals surface area (Å²) in [5.74, 6) is 0. The Bertz CT molecular complexity index is 738. The molecule has 1 N–H and O–H groups in total. The first-order valence-electron chi connectivity index (χ1n) is 6.18. The van der Waals surface area contributed by atoms with Crippen molar-refractivity contribution in [2.24, 2.45) is 0 Å². The minimum atomic E-state index is -0.383. The van der Waals surface area contributed by atoms with Crippen molar-refractivity contribution in [2.45, 2.75) is 13.5 Å². The lowest BCUT2D eigenvalue weighted by atomic mass is 10.1. The Kier molecular flexibility index (Phi) is 4.55. The van der Waals surface area contributed by atoms with Gasteiger partial charge in [0.15, 0.2) is 0 Å². The molecule has 106 valence electrons. The van der Waals surface area contributed by atoms with Gasteiger partial charge in [-0.15, -0.1) is 0 Å². The third-order valence-corrected chi connectivity index (χ3v) is 3.58. The second kappa shape index (κ2) is 6.37. The van der Waals surface area contributed by atoms with E-state index in [9.17, 15) is 10.1 Å². The van der Waals surface area contributed by atoms with Crippen molar-refractivity contribution in [1.29, 1.82) is 5.26 Å². The van der Waals surface area contributed by atoms with Crippen LogP contribution in [0.1, 0.15) is 16.7 Å². The lowest BCUT2D eigenvalue weighted by Gasteiger charge is -2.10. The van der Waals surface area contributed by atoms with Crippen LogP contribution in [-0.2, 0) is 6.54 Å². The number of nitro benzene ring substituents is 1. The Hall–Kier alpha value is -2.39. The average molecular weight is 346 g/mol. The Labute approximate surface area is 130 Å². The molecule has 0 aliphatic rings. The van der Waals surface area contributed by atoms with Gasteiger partial charge in [0.25, 0.3) is 5.69 Å². The van der Waals surface area contributed by atoms with Gasteiger partial charge in [0.05, 0.1) is 16.6 Å². The Balaban J connectivity index is 2.21. The normalized spacial score (nSPS) is 9.95. The maximum absolute atomic E-state index is 10.9. The van der Waals surface area contributed by atoms with Gasteiger partial charge in [-0.2, -0.15) is 5.26 Å². The quantitative estimate of drug-likeness (QED) is 0.666. The highest BCUT2D eigenvalue weighted by molar-refractivity contribution is 9.10. The highest BCUT2D eigenvalue weighted by atomic mass is 79.9. The predicted octanol–water partition coefficient (Wildman–Crippen LogP) is 4.15. The van der Waals surface area contributed by atoms with Crippen molar-refractivity contribution in [1.82, 2.24) is 0 Å². The molecule has 5 nitrogen and oxygen atoms in total. The van der Waals surface area contributed by atoms with Crippen LogP contribution in [0.4, 0.5) is 11.4 Å². The van der Waals surface area contributed by atoms with E-state index in [-0.39, 0.29) is 10.6 Å². The second-order valence-electron chi connectivity index (χ2n) is 4.51. The molecule has 0 spiro atoms. The van der Waals surface area contributed by atoms with Gasteiger partial charge < -0.3 is 5.32 Å². The maximum atomic E-state index is 10.9. The third-order valence-electron chi connectivity index (χ3n) is 3.12. The van der Waals surface area contributed by atoms with E-state index in [0.717, 1.165) is 15.7 Å². The van der Waals surface area contributed by atoms with Crippen LogP contribution in [0.2, 0.25) is 0 Å². The van der Waals surface area contributed by atoms with E-state index in [2.05, 4.69) is 27.3 Å². The average Bonchev–Trinajstić information content (AvgIpc) is 2.45. The van der Waals surface area contributed by atoms with E-state index >= 15 is 0 Å². The van der Waals surface area contributed by atoms with E-state index < -0.39 is 0 Å². The molecule has 0 atom stereocenters. The summed E-state index contributed by atoms with van der Waals surface area (Å²) < 4.78 is 0.805. The van der Waals surface area contributed by atoms with E-state index in [1.807, 2.05) is 12.1 Å². The molecule has 2 aromatic rings. The number of nitro groups is 1. The van der Waals surface area contributed by atoms with Gasteiger partial charge >= 0.3 is 0 Å². The van der Waals surface area contributed by atoms with Gasteiger partial charge in [-0.25, -0.2) is 0 Å². The van der Waals surface area contributed by atoms with E-state index in [4.69, 9.17) is 5.26 Å². The first-order valence-corrected chi connectivity index (χ1v) is 6.98. The van der Waals surface area contributed by atoms with Crippen LogP contribution in [0.15, 0.2) is 40.9 Å². The molecule has 0 saturated carbocycles. The number of anilines is 1. The molecular weight excluding hydrogens is 334 g/mol. The number of nitriles is 1. The van der Waals surface area contributed by atoms with Crippen molar-refractivity contribution in [2.75, 3.05) is 5.32 Å². The molecule has 21 heavy (non-hydrogen) atoms. The van der Waals surface area contributed by atoms with Crippen LogP contribution in [-0.4, -0.2) is 4.92 Å². The Morgan fingerprint density at radius 2 is 2.14 bits per heavy atom. The fraction of sp³-hybridized carbons (Fsp3) is 0.133. The van der Waals surface area contributed by atoms with Gasteiger partial charge in [0.2, 0.25) is 0 Å². The van der Waals surface area contributed by atoms with Gasteiger partial charge in [0.1, 0.15) is 0 Å². The first-order chi connectivity index (χ1) is 10.0. The SMILES string of the molecule is Cc1c(CNc2cc(Br)cc(C#N)c2)cccc1[N+](=O)[O-]. The third kappa shape index (κ3) is 3.58.